The number of nitrogens with one attached hydrogen (secondary N) is 2. The Kier molecular flexibility index (Phi) is 11.9. The van der Waals surface area contributed by atoms with Crippen LogP contribution in [0.15, 0.2) is 17.1 Å². The van der Waals surface area contributed by atoms with Crippen LogP contribution in [0.5, 0.6) is 0 Å². The highest BCUT2D eigenvalue weighted by atomic mass is 127. The molecule has 0 saturated carbocycles. The minimum atomic E-state index is 0. The van der Waals surface area contributed by atoms with Gasteiger partial charge in [0, 0.05) is 56.7 Å². The van der Waals surface area contributed by atoms with Gasteiger partial charge < -0.3 is 24.7 Å². The van der Waals surface area contributed by atoms with Crippen LogP contribution in [0.3, 0.4) is 0 Å². The van der Waals surface area contributed by atoms with E-state index >= 15 is 0 Å². The molecule has 180 valence electrons. The van der Waals surface area contributed by atoms with E-state index in [9.17, 15) is 0 Å². The van der Waals surface area contributed by atoms with Crippen LogP contribution in [0.25, 0.3) is 0 Å². The number of aryl methyl sites for hydroxylation is 2. The predicted octanol–water partition coefficient (Wildman–Crippen LogP) is 2.26. The smallest absolute Gasteiger partial charge is 0.191 e. The molecule has 1 unspecified atom stereocenters. The molecule has 0 radical (unpaired) electrons. The second-order valence-corrected chi connectivity index (χ2v) is 8.97. The minimum absolute atomic E-state index is 0. The number of morpholine rings is 1. The number of halogens is 1. The fourth-order valence-electron chi connectivity index (χ4n) is 3.46. The van der Waals surface area contributed by atoms with Crippen LogP contribution in [-0.4, -0.2) is 78.7 Å². The summed E-state index contributed by atoms with van der Waals surface area (Å²) in [5, 5.41) is 15.3. The van der Waals surface area contributed by atoms with Crippen molar-refractivity contribution in [3.05, 3.63) is 33.5 Å². The van der Waals surface area contributed by atoms with Crippen LogP contribution in [-0.2, 0) is 23.1 Å². The van der Waals surface area contributed by atoms with Gasteiger partial charge in [0.15, 0.2) is 11.8 Å². The first-order valence-corrected chi connectivity index (χ1v) is 11.6. The topological polar surface area (TPSA) is 88.8 Å². The summed E-state index contributed by atoms with van der Waals surface area (Å²) in [6, 6.07) is 4.72. The lowest BCUT2D eigenvalue weighted by atomic mass is 10.2. The fourth-order valence-corrected chi connectivity index (χ4v) is 4.47. The molecule has 32 heavy (non-hydrogen) atoms. The molecule has 9 nitrogen and oxygen atoms in total. The monoisotopic (exact) mass is 577 g/mol. The van der Waals surface area contributed by atoms with Crippen LogP contribution in [0, 0.1) is 13.8 Å². The van der Waals surface area contributed by atoms with Crippen LogP contribution in [0.1, 0.15) is 33.9 Å². The number of methoxy groups -OCH3 is 1. The van der Waals surface area contributed by atoms with E-state index < -0.39 is 0 Å². The van der Waals surface area contributed by atoms with Gasteiger partial charge in [0.1, 0.15) is 12.4 Å². The first-order chi connectivity index (χ1) is 15.1. The summed E-state index contributed by atoms with van der Waals surface area (Å²) in [5.74, 6) is 2.51. The van der Waals surface area contributed by atoms with Gasteiger partial charge in [0.25, 0.3) is 0 Å². The molecule has 3 heterocycles. The zero-order chi connectivity index (χ0) is 22.1. The molecule has 1 aliphatic rings. The van der Waals surface area contributed by atoms with Crippen molar-refractivity contribution >= 4 is 41.3 Å². The first kappa shape index (κ1) is 27.0. The van der Waals surface area contributed by atoms with Crippen molar-refractivity contribution in [3.63, 3.8) is 0 Å². The number of aromatic nitrogens is 3. The summed E-state index contributed by atoms with van der Waals surface area (Å²) < 4.78 is 12.7. The molecule has 0 bridgehead atoms. The Morgan fingerprint density at radius 3 is 2.66 bits per heavy atom. The maximum Gasteiger partial charge on any atom is 0.191 e. The Hall–Kier alpha value is -1.28. The molecule has 2 aromatic heterocycles. The highest BCUT2D eigenvalue weighted by molar-refractivity contribution is 14.0. The molecule has 1 saturated heterocycles. The maximum atomic E-state index is 5.57. The first-order valence-electron chi connectivity index (χ1n) is 10.8. The lowest BCUT2D eigenvalue weighted by Crippen LogP contribution is -2.46. The molecule has 0 amide bonds. The molecule has 0 spiro atoms. The summed E-state index contributed by atoms with van der Waals surface area (Å²) in [7, 11) is 3.69. The summed E-state index contributed by atoms with van der Waals surface area (Å²) in [4.78, 5) is 9.97. The third-order valence-corrected chi connectivity index (χ3v) is 6.52. The lowest BCUT2D eigenvalue weighted by Gasteiger charge is -2.34. The normalized spacial score (nSPS) is 15.9. The summed E-state index contributed by atoms with van der Waals surface area (Å²) in [6.45, 7) is 10.3. The molecule has 0 aliphatic carbocycles. The third kappa shape index (κ3) is 7.94. The van der Waals surface area contributed by atoms with Gasteiger partial charge in [0.05, 0.1) is 19.3 Å². The van der Waals surface area contributed by atoms with Crippen LogP contribution < -0.4 is 10.6 Å². The molecule has 1 atom stereocenters. The molecular weight excluding hydrogens is 541 g/mol. The number of ether oxygens (including phenoxy) is 2. The molecule has 0 aromatic carbocycles. The average molecular weight is 578 g/mol. The average Bonchev–Trinajstić information content (AvgIpc) is 3.35. The summed E-state index contributed by atoms with van der Waals surface area (Å²) >= 11 is 1.86. The van der Waals surface area contributed by atoms with Crippen molar-refractivity contribution in [1.29, 1.82) is 0 Å². The lowest BCUT2D eigenvalue weighted by molar-refractivity contribution is 0.0177. The number of hydrogen-bond acceptors (Lipinski definition) is 7. The molecule has 3 rings (SSSR count). The van der Waals surface area contributed by atoms with Crippen molar-refractivity contribution in [2.24, 2.45) is 12.0 Å². The number of rotatable bonds is 10. The van der Waals surface area contributed by atoms with E-state index in [4.69, 9.17) is 14.5 Å². The van der Waals surface area contributed by atoms with Crippen molar-refractivity contribution in [3.8, 4) is 0 Å². The molecule has 11 heteroatoms. The quantitative estimate of drug-likeness (QED) is 0.194. The van der Waals surface area contributed by atoms with E-state index in [2.05, 4.69) is 44.8 Å². The minimum Gasteiger partial charge on any atom is -0.385 e. The van der Waals surface area contributed by atoms with Gasteiger partial charge in [-0.1, -0.05) is 0 Å². The Morgan fingerprint density at radius 2 is 2.03 bits per heavy atom. The van der Waals surface area contributed by atoms with Crippen LogP contribution >= 0.6 is 35.3 Å². The maximum absolute atomic E-state index is 5.57. The molecule has 1 fully saturated rings. The number of guanidine groups is 1. The zero-order valence-corrected chi connectivity index (χ0v) is 22.6. The zero-order valence-electron chi connectivity index (χ0n) is 19.5. The molecule has 2 aromatic rings. The Labute approximate surface area is 212 Å². The SMILES string of the molecule is COCCCNC(=NCc1nnc(C)n1C)NCC(c1ccc(C)s1)N1CCOCC1.I. The Bertz CT molecular complexity index is 836. The highest BCUT2D eigenvalue weighted by Gasteiger charge is 2.24. The van der Waals surface area contributed by atoms with Gasteiger partial charge in [-0.15, -0.1) is 45.5 Å². The fraction of sp³-hybridized carbons (Fsp3) is 0.667. The number of thiophene rings is 1. The van der Waals surface area contributed by atoms with Gasteiger partial charge in [-0.3, -0.25) is 4.90 Å². The van der Waals surface area contributed by atoms with Crippen LogP contribution in [0.2, 0.25) is 0 Å². The number of nitrogens with zero attached hydrogens (tertiary/aromatic N) is 5. The third-order valence-electron chi connectivity index (χ3n) is 5.42. The number of hydrogen-bond donors (Lipinski definition) is 2. The van der Waals surface area contributed by atoms with Gasteiger partial charge >= 0.3 is 0 Å². The summed E-state index contributed by atoms with van der Waals surface area (Å²) in [6.07, 6.45) is 0.914. The van der Waals surface area contributed by atoms with E-state index in [1.165, 1.54) is 9.75 Å². The largest absolute Gasteiger partial charge is 0.385 e. The highest BCUT2D eigenvalue weighted by Crippen LogP contribution is 2.27. The van der Waals surface area contributed by atoms with Crippen LogP contribution in [0.4, 0.5) is 0 Å². The second-order valence-electron chi connectivity index (χ2n) is 7.65. The van der Waals surface area contributed by atoms with E-state index in [1.54, 1.807) is 7.11 Å². The molecular formula is C21H36IN7O2S. The number of aliphatic imine (C=N–C) groups is 1. The van der Waals surface area contributed by atoms with Gasteiger partial charge in [-0.25, -0.2) is 4.99 Å². The predicted molar refractivity (Wildman–Crippen MR) is 139 cm³/mol. The van der Waals surface area contributed by atoms with Gasteiger partial charge in [0.2, 0.25) is 0 Å². The van der Waals surface area contributed by atoms with E-state index in [0.717, 1.165) is 63.4 Å². The van der Waals surface area contributed by atoms with E-state index in [0.29, 0.717) is 13.2 Å². The van der Waals surface area contributed by atoms with Crippen molar-refractivity contribution in [2.75, 3.05) is 53.1 Å². The Balaban J connectivity index is 0.00000363. The standard InChI is InChI=1S/C21H35N7O2S.HI/c1-16-6-7-19(31-16)18(28-9-12-30-13-10-28)14-23-21(22-8-5-11-29-4)24-15-20-26-25-17(2)27(20)3;/h6-7,18H,5,8-15H2,1-4H3,(H2,22,23,24);1H. The summed E-state index contributed by atoms with van der Waals surface area (Å²) in [5.41, 5.74) is 0. The molecule has 1 aliphatic heterocycles. The van der Waals surface area contributed by atoms with E-state index in [1.807, 2.05) is 29.9 Å². The van der Waals surface area contributed by atoms with Crippen molar-refractivity contribution in [2.45, 2.75) is 32.9 Å². The second kappa shape index (κ2) is 14.1. The van der Waals surface area contributed by atoms with Gasteiger partial charge in [-0.2, -0.15) is 0 Å². The van der Waals surface area contributed by atoms with Crippen molar-refractivity contribution < 1.29 is 9.47 Å². The van der Waals surface area contributed by atoms with Gasteiger partial charge in [-0.05, 0) is 32.4 Å². The van der Waals surface area contributed by atoms with Crippen molar-refractivity contribution in [1.82, 2.24) is 30.3 Å². The Morgan fingerprint density at radius 1 is 1.25 bits per heavy atom. The molecule has 2 N–H and O–H groups in total. The van der Waals surface area contributed by atoms with E-state index in [-0.39, 0.29) is 30.0 Å².